The number of nitriles is 1. The first-order valence-corrected chi connectivity index (χ1v) is 6.48. The second-order valence-corrected chi connectivity index (χ2v) is 4.67. The molecule has 0 aliphatic rings. The van der Waals surface area contributed by atoms with Crippen LogP contribution in [0, 0.1) is 11.3 Å². The number of nitrogens with zero attached hydrogens (tertiary/aromatic N) is 1. The number of nitrogens with one attached hydrogen (secondary N) is 1. The van der Waals surface area contributed by atoms with Gasteiger partial charge in [0.1, 0.15) is 11.7 Å². The van der Waals surface area contributed by atoms with Crippen molar-refractivity contribution < 1.29 is 9.21 Å². The third-order valence-corrected chi connectivity index (χ3v) is 3.00. The molecule has 4 nitrogen and oxygen atoms in total. The Morgan fingerprint density at radius 1 is 1.30 bits per heavy atom. The van der Waals surface area contributed by atoms with E-state index in [-0.39, 0.29) is 11.9 Å². The van der Waals surface area contributed by atoms with E-state index in [2.05, 4.69) is 5.32 Å². The lowest BCUT2D eigenvalue weighted by atomic mass is 9.99. The molecular formula is C16H16N2O2. The predicted octanol–water partition coefficient (Wildman–Crippen LogP) is 2.63. The van der Waals surface area contributed by atoms with Crippen LogP contribution >= 0.6 is 0 Å². The van der Waals surface area contributed by atoms with Crippen LogP contribution < -0.4 is 5.32 Å². The van der Waals surface area contributed by atoms with E-state index in [0.29, 0.717) is 12.0 Å². The van der Waals surface area contributed by atoms with E-state index in [9.17, 15) is 10.1 Å². The Morgan fingerprint density at radius 3 is 2.65 bits per heavy atom. The Morgan fingerprint density at radius 2 is 2.05 bits per heavy atom. The van der Waals surface area contributed by atoms with Crippen LogP contribution in [0.2, 0.25) is 0 Å². The summed E-state index contributed by atoms with van der Waals surface area (Å²) in [5.74, 6) is -0.251. The number of benzene rings is 1. The van der Waals surface area contributed by atoms with Crippen LogP contribution in [0.15, 0.2) is 53.1 Å². The monoisotopic (exact) mass is 268 g/mol. The molecule has 2 rings (SSSR count). The van der Waals surface area contributed by atoms with Crippen LogP contribution in [0.3, 0.4) is 0 Å². The van der Waals surface area contributed by atoms with Crippen LogP contribution in [0.1, 0.15) is 24.2 Å². The standard InChI is InChI=1S/C16H16N2O2/c1-12(10-14-8-5-9-20-14)18-16(19)15(11-17)13-6-3-2-4-7-13/h2-9,12,15H,10H2,1H3,(H,18,19). The quantitative estimate of drug-likeness (QED) is 0.906. The lowest BCUT2D eigenvalue weighted by molar-refractivity contribution is -0.122. The van der Waals surface area contributed by atoms with Gasteiger partial charge >= 0.3 is 0 Å². The Kier molecular flexibility index (Phi) is 4.56. The summed E-state index contributed by atoms with van der Waals surface area (Å²) < 4.78 is 5.24. The van der Waals surface area contributed by atoms with Gasteiger partial charge in [-0.25, -0.2) is 0 Å². The van der Waals surface area contributed by atoms with Gasteiger partial charge in [-0.3, -0.25) is 4.79 Å². The van der Waals surface area contributed by atoms with Gasteiger partial charge in [-0.1, -0.05) is 30.3 Å². The van der Waals surface area contributed by atoms with Crippen molar-refractivity contribution >= 4 is 5.91 Å². The number of carbonyl (C=O) groups excluding carboxylic acids is 1. The molecule has 4 heteroatoms. The number of hydrogen-bond acceptors (Lipinski definition) is 3. The number of carbonyl (C=O) groups is 1. The molecule has 0 fully saturated rings. The van der Waals surface area contributed by atoms with Crippen molar-refractivity contribution in [3.05, 3.63) is 60.1 Å². The maximum atomic E-state index is 12.1. The summed E-state index contributed by atoms with van der Waals surface area (Å²) in [6, 6.07) is 14.7. The molecule has 0 saturated carbocycles. The zero-order chi connectivity index (χ0) is 14.4. The summed E-state index contributed by atoms with van der Waals surface area (Å²) in [7, 11) is 0. The van der Waals surface area contributed by atoms with E-state index in [1.807, 2.05) is 43.3 Å². The van der Waals surface area contributed by atoms with E-state index in [1.165, 1.54) is 0 Å². The fourth-order valence-electron chi connectivity index (χ4n) is 2.04. The highest BCUT2D eigenvalue weighted by Gasteiger charge is 2.21. The SMILES string of the molecule is CC(Cc1ccco1)NC(=O)C(C#N)c1ccccc1. The molecule has 2 aromatic rings. The highest BCUT2D eigenvalue weighted by Crippen LogP contribution is 2.15. The lowest BCUT2D eigenvalue weighted by Gasteiger charge is -2.15. The molecule has 2 atom stereocenters. The Labute approximate surface area is 118 Å². The van der Waals surface area contributed by atoms with Crippen molar-refractivity contribution in [1.82, 2.24) is 5.32 Å². The zero-order valence-corrected chi connectivity index (χ0v) is 11.2. The molecule has 0 bridgehead atoms. The molecule has 2 unspecified atom stereocenters. The predicted molar refractivity (Wildman–Crippen MR) is 74.8 cm³/mol. The van der Waals surface area contributed by atoms with Crippen LogP contribution in [0.25, 0.3) is 0 Å². The van der Waals surface area contributed by atoms with Crippen LogP contribution in [-0.4, -0.2) is 11.9 Å². The average molecular weight is 268 g/mol. The van der Waals surface area contributed by atoms with Gasteiger partial charge in [0.25, 0.3) is 0 Å². The second-order valence-electron chi connectivity index (χ2n) is 4.67. The minimum Gasteiger partial charge on any atom is -0.469 e. The molecule has 1 amide bonds. The Hall–Kier alpha value is -2.54. The van der Waals surface area contributed by atoms with Crippen molar-refractivity contribution in [3.8, 4) is 6.07 Å². The molecule has 1 N–H and O–H groups in total. The summed E-state index contributed by atoms with van der Waals surface area (Å²) >= 11 is 0. The minimum absolute atomic E-state index is 0.0896. The third-order valence-electron chi connectivity index (χ3n) is 3.00. The molecule has 0 radical (unpaired) electrons. The maximum absolute atomic E-state index is 12.1. The van der Waals surface area contributed by atoms with Crippen molar-refractivity contribution in [2.45, 2.75) is 25.3 Å². The molecule has 0 spiro atoms. The smallest absolute Gasteiger partial charge is 0.242 e. The largest absolute Gasteiger partial charge is 0.469 e. The normalized spacial score (nSPS) is 13.2. The van der Waals surface area contributed by atoms with Crippen molar-refractivity contribution in [2.24, 2.45) is 0 Å². The topological polar surface area (TPSA) is 66.0 Å². The number of hydrogen-bond donors (Lipinski definition) is 1. The van der Waals surface area contributed by atoms with Gasteiger partial charge in [0.15, 0.2) is 0 Å². The summed E-state index contributed by atoms with van der Waals surface area (Å²) in [5.41, 5.74) is 0.706. The van der Waals surface area contributed by atoms with Crippen molar-refractivity contribution in [1.29, 1.82) is 5.26 Å². The highest BCUT2D eigenvalue weighted by molar-refractivity contribution is 5.86. The van der Waals surface area contributed by atoms with Gasteiger partial charge in [0.2, 0.25) is 5.91 Å². The lowest BCUT2D eigenvalue weighted by Crippen LogP contribution is -2.37. The molecule has 1 aromatic carbocycles. The molecule has 0 saturated heterocycles. The zero-order valence-electron chi connectivity index (χ0n) is 11.2. The fourth-order valence-corrected chi connectivity index (χ4v) is 2.04. The molecule has 20 heavy (non-hydrogen) atoms. The van der Waals surface area contributed by atoms with Crippen molar-refractivity contribution in [3.63, 3.8) is 0 Å². The van der Waals surface area contributed by atoms with E-state index >= 15 is 0 Å². The second kappa shape index (κ2) is 6.58. The molecular weight excluding hydrogens is 252 g/mol. The van der Waals surface area contributed by atoms with E-state index in [0.717, 1.165) is 5.76 Å². The first-order valence-electron chi connectivity index (χ1n) is 6.48. The van der Waals surface area contributed by atoms with Gasteiger partial charge in [0.05, 0.1) is 12.3 Å². The first-order chi connectivity index (χ1) is 9.70. The van der Waals surface area contributed by atoms with E-state index < -0.39 is 5.92 Å². The number of furan rings is 1. The van der Waals surface area contributed by atoms with Crippen LogP contribution in [0.5, 0.6) is 0 Å². The van der Waals surface area contributed by atoms with Gasteiger partial charge in [0, 0.05) is 12.5 Å². The summed E-state index contributed by atoms with van der Waals surface area (Å²) in [4.78, 5) is 12.1. The van der Waals surface area contributed by atoms with Crippen LogP contribution in [0.4, 0.5) is 0 Å². The summed E-state index contributed by atoms with van der Waals surface area (Å²) in [6.45, 7) is 1.89. The fraction of sp³-hybridized carbons (Fsp3) is 0.250. The van der Waals surface area contributed by atoms with Gasteiger partial charge in [-0.05, 0) is 24.6 Å². The van der Waals surface area contributed by atoms with Crippen LogP contribution in [-0.2, 0) is 11.2 Å². The molecule has 0 aliphatic heterocycles. The summed E-state index contributed by atoms with van der Waals surface area (Å²) in [6.07, 6.45) is 2.21. The molecule has 1 heterocycles. The van der Waals surface area contributed by atoms with Gasteiger partial charge in [-0.15, -0.1) is 0 Å². The molecule has 102 valence electrons. The van der Waals surface area contributed by atoms with Gasteiger partial charge < -0.3 is 9.73 Å². The third kappa shape index (κ3) is 3.48. The first kappa shape index (κ1) is 13.9. The number of amides is 1. The maximum Gasteiger partial charge on any atom is 0.242 e. The minimum atomic E-state index is -0.782. The highest BCUT2D eigenvalue weighted by atomic mass is 16.3. The van der Waals surface area contributed by atoms with E-state index in [4.69, 9.17) is 4.42 Å². The Balaban J connectivity index is 1.98. The Bertz CT molecular complexity index is 585. The summed E-state index contributed by atoms with van der Waals surface area (Å²) in [5, 5.41) is 12.0. The average Bonchev–Trinajstić information content (AvgIpc) is 2.93. The van der Waals surface area contributed by atoms with Crippen molar-refractivity contribution in [2.75, 3.05) is 0 Å². The van der Waals surface area contributed by atoms with E-state index in [1.54, 1.807) is 18.4 Å². The van der Waals surface area contributed by atoms with Gasteiger partial charge in [-0.2, -0.15) is 5.26 Å². The molecule has 0 aliphatic carbocycles. The number of rotatable bonds is 5. The molecule has 1 aromatic heterocycles.